The Balaban J connectivity index is 1.83. The van der Waals surface area contributed by atoms with Crippen LogP contribution in [0.4, 0.5) is 36.2 Å². The second-order valence-corrected chi connectivity index (χ2v) is 4.65. The molecule has 0 spiro atoms. The average Bonchev–Trinajstić information content (AvgIpc) is 2.52. The van der Waals surface area contributed by atoms with Gasteiger partial charge in [0.1, 0.15) is 41.1 Å². The summed E-state index contributed by atoms with van der Waals surface area (Å²) < 4.78 is 40.4. The van der Waals surface area contributed by atoms with E-state index in [4.69, 9.17) is 0 Å². The average molecular weight is 316 g/mol. The normalized spacial score (nSPS) is 10.4. The van der Waals surface area contributed by atoms with E-state index in [2.05, 4.69) is 20.6 Å². The minimum absolute atomic E-state index is 0.197. The van der Waals surface area contributed by atoms with E-state index in [1.54, 1.807) is 12.1 Å². The van der Waals surface area contributed by atoms with E-state index in [0.29, 0.717) is 11.5 Å². The van der Waals surface area contributed by atoms with Gasteiger partial charge in [0.05, 0.1) is 0 Å². The SMILES string of the molecule is Fc1cccc(Nc2cc(Nc3c(F)cccc3F)ncn2)c1. The number of hydrogen-bond acceptors (Lipinski definition) is 4. The molecule has 0 amide bonds. The lowest BCUT2D eigenvalue weighted by Crippen LogP contribution is -2.01. The lowest BCUT2D eigenvalue weighted by Gasteiger charge is -2.10. The third-order valence-electron chi connectivity index (χ3n) is 2.98. The van der Waals surface area contributed by atoms with Gasteiger partial charge in [-0.2, -0.15) is 0 Å². The molecule has 0 aliphatic rings. The molecule has 1 aromatic heterocycles. The fourth-order valence-corrected chi connectivity index (χ4v) is 1.95. The van der Waals surface area contributed by atoms with Crippen LogP contribution in [-0.4, -0.2) is 9.97 Å². The summed E-state index contributed by atoms with van der Waals surface area (Å²) in [5.74, 6) is -1.31. The van der Waals surface area contributed by atoms with E-state index >= 15 is 0 Å². The highest BCUT2D eigenvalue weighted by atomic mass is 19.1. The third-order valence-corrected chi connectivity index (χ3v) is 2.98. The van der Waals surface area contributed by atoms with E-state index in [1.807, 2.05) is 0 Å². The van der Waals surface area contributed by atoms with Gasteiger partial charge < -0.3 is 10.6 Å². The summed E-state index contributed by atoms with van der Waals surface area (Å²) in [4.78, 5) is 7.89. The summed E-state index contributed by atoms with van der Waals surface area (Å²) in [6.45, 7) is 0. The van der Waals surface area contributed by atoms with Crippen molar-refractivity contribution in [1.29, 1.82) is 0 Å². The molecule has 4 nitrogen and oxygen atoms in total. The minimum atomic E-state index is -0.733. The Bertz CT molecular complexity index is 819. The summed E-state index contributed by atoms with van der Waals surface area (Å²) in [6.07, 6.45) is 1.22. The van der Waals surface area contributed by atoms with E-state index in [1.165, 1.54) is 30.6 Å². The maximum absolute atomic E-state index is 13.6. The van der Waals surface area contributed by atoms with Crippen LogP contribution in [0.25, 0.3) is 0 Å². The number of benzene rings is 2. The van der Waals surface area contributed by atoms with Gasteiger partial charge in [-0.15, -0.1) is 0 Å². The first kappa shape index (κ1) is 14.8. The maximum atomic E-state index is 13.6. The van der Waals surface area contributed by atoms with Crippen molar-refractivity contribution in [2.24, 2.45) is 0 Å². The zero-order valence-electron chi connectivity index (χ0n) is 11.7. The standard InChI is InChI=1S/C16H11F3N4/c17-10-3-1-4-11(7-10)22-14-8-15(21-9-20-14)23-16-12(18)5-2-6-13(16)19/h1-9H,(H2,20,21,22,23). The van der Waals surface area contributed by atoms with Crippen LogP contribution in [0.2, 0.25) is 0 Å². The van der Waals surface area contributed by atoms with Crippen molar-refractivity contribution in [3.8, 4) is 0 Å². The molecule has 0 saturated heterocycles. The molecule has 0 aliphatic heterocycles. The van der Waals surface area contributed by atoms with Crippen LogP contribution < -0.4 is 10.6 Å². The monoisotopic (exact) mass is 316 g/mol. The van der Waals surface area contributed by atoms with Crippen LogP contribution in [0.1, 0.15) is 0 Å². The van der Waals surface area contributed by atoms with Gasteiger partial charge in [0.2, 0.25) is 0 Å². The predicted octanol–water partition coefficient (Wildman–Crippen LogP) is 4.38. The molecular formula is C16H11F3N4. The number of anilines is 4. The van der Waals surface area contributed by atoms with Crippen LogP contribution >= 0.6 is 0 Å². The van der Waals surface area contributed by atoms with Gasteiger partial charge in [-0.05, 0) is 30.3 Å². The Hall–Kier alpha value is -3.09. The predicted molar refractivity (Wildman–Crippen MR) is 81.4 cm³/mol. The molecule has 7 heteroatoms. The summed E-state index contributed by atoms with van der Waals surface area (Å²) in [5.41, 5.74) is 0.189. The van der Waals surface area contributed by atoms with Crippen LogP contribution in [0.15, 0.2) is 54.9 Å². The Labute approximate surface area is 130 Å². The summed E-state index contributed by atoms with van der Waals surface area (Å²) >= 11 is 0. The number of aromatic nitrogens is 2. The molecule has 3 rings (SSSR count). The summed E-state index contributed by atoms with van der Waals surface area (Å²) in [5, 5.41) is 5.44. The largest absolute Gasteiger partial charge is 0.340 e. The number of nitrogens with one attached hydrogen (secondary N) is 2. The van der Waals surface area contributed by atoms with Crippen molar-refractivity contribution in [2.75, 3.05) is 10.6 Å². The molecule has 0 aliphatic carbocycles. The van der Waals surface area contributed by atoms with Crippen molar-refractivity contribution < 1.29 is 13.2 Å². The molecular weight excluding hydrogens is 305 g/mol. The highest BCUT2D eigenvalue weighted by molar-refractivity contribution is 5.63. The van der Waals surface area contributed by atoms with E-state index in [-0.39, 0.29) is 11.5 Å². The fraction of sp³-hybridized carbons (Fsp3) is 0. The third kappa shape index (κ3) is 3.57. The Morgan fingerprint density at radius 1 is 0.739 bits per heavy atom. The van der Waals surface area contributed by atoms with Crippen molar-refractivity contribution in [3.05, 3.63) is 72.3 Å². The Morgan fingerprint density at radius 3 is 2.09 bits per heavy atom. The Kier molecular flexibility index (Phi) is 4.09. The molecule has 3 aromatic rings. The van der Waals surface area contributed by atoms with Gasteiger partial charge >= 0.3 is 0 Å². The van der Waals surface area contributed by atoms with E-state index in [0.717, 1.165) is 12.1 Å². The van der Waals surface area contributed by atoms with Gasteiger partial charge in [-0.3, -0.25) is 0 Å². The van der Waals surface area contributed by atoms with Gasteiger partial charge in [0, 0.05) is 11.8 Å². The fourth-order valence-electron chi connectivity index (χ4n) is 1.95. The van der Waals surface area contributed by atoms with Crippen LogP contribution in [0.3, 0.4) is 0 Å². The smallest absolute Gasteiger partial charge is 0.149 e. The summed E-state index contributed by atoms with van der Waals surface area (Å²) in [7, 11) is 0. The second-order valence-electron chi connectivity index (χ2n) is 4.65. The molecule has 0 saturated carbocycles. The number of halogens is 3. The molecule has 0 unspecified atom stereocenters. The molecule has 0 fully saturated rings. The molecule has 0 atom stereocenters. The van der Waals surface area contributed by atoms with Gasteiger partial charge in [-0.1, -0.05) is 12.1 Å². The van der Waals surface area contributed by atoms with Gasteiger partial charge in [-0.25, -0.2) is 23.1 Å². The highest BCUT2D eigenvalue weighted by Gasteiger charge is 2.09. The molecule has 2 N–H and O–H groups in total. The van der Waals surface area contributed by atoms with E-state index < -0.39 is 17.5 Å². The zero-order valence-corrected chi connectivity index (χ0v) is 11.7. The topological polar surface area (TPSA) is 49.8 Å². The molecule has 0 radical (unpaired) electrons. The second kappa shape index (κ2) is 6.35. The lowest BCUT2D eigenvalue weighted by atomic mass is 10.3. The number of nitrogens with zero attached hydrogens (tertiary/aromatic N) is 2. The van der Waals surface area contributed by atoms with Crippen LogP contribution in [0.5, 0.6) is 0 Å². The number of hydrogen-bond donors (Lipinski definition) is 2. The number of para-hydroxylation sites is 1. The molecule has 2 aromatic carbocycles. The minimum Gasteiger partial charge on any atom is -0.340 e. The molecule has 23 heavy (non-hydrogen) atoms. The van der Waals surface area contributed by atoms with Crippen molar-refractivity contribution in [2.45, 2.75) is 0 Å². The highest BCUT2D eigenvalue weighted by Crippen LogP contribution is 2.23. The summed E-state index contributed by atoms with van der Waals surface area (Å²) in [6, 6.07) is 10.8. The maximum Gasteiger partial charge on any atom is 0.149 e. The van der Waals surface area contributed by atoms with Crippen molar-refractivity contribution >= 4 is 23.0 Å². The van der Waals surface area contributed by atoms with Gasteiger partial charge in [0.25, 0.3) is 0 Å². The molecule has 1 heterocycles. The quantitative estimate of drug-likeness (QED) is 0.750. The first-order valence-corrected chi connectivity index (χ1v) is 6.67. The van der Waals surface area contributed by atoms with Crippen molar-refractivity contribution in [1.82, 2.24) is 9.97 Å². The molecule has 0 bridgehead atoms. The Morgan fingerprint density at radius 2 is 1.39 bits per heavy atom. The van der Waals surface area contributed by atoms with Crippen LogP contribution in [0, 0.1) is 17.5 Å². The first-order valence-electron chi connectivity index (χ1n) is 6.67. The van der Waals surface area contributed by atoms with Gasteiger partial charge in [0.15, 0.2) is 0 Å². The van der Waals surface area contributed by atoms with Crippen LogP contribution in [-0.2, 0) is 0 Å². The zero-order chi connectivity index (χ0) is 16.2. The first-order chi connectivity index (χ1) is 11.1. The number of rotatable bonds is 4. The lowest BCUT2D eigenvalue weighted by molar-refractivity contribution is 0.590. The molecule has 116 valence electrons. The van der Waals surface area contributed by atoms with Crippen molar-refractivity contribution in [3.63, 3.8) is 0 Å². The van der Waals surface area contributed by atoms with E-state index in [9.17, 15) is 13.2 Å².